The third-order valence-corrected chi connectivity index (χ3v) is 6.58. The van der Waals surface area contributed by atoms with Gasteiger partial charge in [0.2, 0.25) is 0 Å². The molecule has 0 aliphatic heterocycles. The van der Waals surface area contributed by atoms with Gasteiger partial charge in [-0.2, -0.15) is 0 Å². The number of unbranched alkanes of at least 4 members (excludes halogenated alkanes) is 13. The first-order valence-electron chi connectivity index (χ1n) is 11.5. The van der Waals surface area contributed by atoms with Gasteiger partial charge in [-0.15, -0.1) is 0 Å². The maximum atomic E-state index is 11.0. The predicted molar refractivity (Wildman–Crippen MR) is 118 cm³/mol. The zero-order valence-corrected chi connectivity index (χ0v) is 21.9. The Bertz CT molecular complexity index is 599. The van der Waals surface area contributed by atoms with Gasteiger partial charge in [0.05, 0.1) is 4.90 Å². The molecule has 0 bridgehead atoms. The van der Waals surface area contributed by atoms with Crippen molar-refractivity contribution < 1.29 is 42.5 Å². The van der Waals surface area contributed by atoms with Gasteiger partial charge < -0.3 is 4.55 Å². The standard InChI is InChI=1S/C24H42O3S.Na/c1-3-4-5-6-7-8-9-10-11-12-13-14-15-16-17-22(2)23-18-20-24(21-19-23)28(25,26)27;/h18-22H,3-17H2,1-2H3,(H,25,26,27);/q;+1/p-1. The number of hydrogen-bond donors (Lipinski definition) is 0. The summed E-state index contributed by atoms with van der Waals surface area (Å²) in [7, 11) is -4.34. The molecule has 0 amide bonds. The molecular formula is C24H41NaO3S. The van der Waals surface area contributed by atoms with Crippen LogP contribution in [0.4, 0.5) is 0 Å². The van der Waals surface area contributed by atoms with E-state index in [0.29, 0.717) is 5.92 Å². The molecule has 162 valence electrons. The zero-order valence-electron chi connectivity index (χ0n) is 19.1. The Morgan fingerprint density at radius 1 is 0.724 bits per heavy atom. The molecule has 1 rings (SSSR count). The first-order chi connectivity index (χ1) is 13.4. The van der Waals surface area contributed by atoms with Crippen LogP contribution in [0, 0.1) is 0 Å². The number of benzene rings is 1. The van der Waals surface area contributed by atoms with Crippen molar-refractivity contribution in [2.24, 2.45) is 0 Å². The molecule has 29 heavy (non-hydrogen) atoms. The molecule has 3 nitrogen and oxygen atoms in total. The second kappa shape index (κ2) is 17.8. The molecule has 1 aromatic carbocycles. The van der Waals surface area contributed by atoms with E-state index in [1.807, 2.05) is 0 Å². The van der Waals surface area contributed by atoms with E-state index in [-0.39, 0.29) is 34.5 Å². The molecule has 0 spiro atoms. The van der Waals surface area contributed by atoms with Gasteiger partial charge in [-0.05, 0) is 30.0 Å². The fraction of sp³-hybridized carbons (Fsp3) is 0.750. The average Bonchev–Trinajstić information content (AvgIpc) is 2.67. The minimum absolute atomic E-state index is 0. The Labute approximate surface area is 202 Å². The first-order valence-corrected chi connectivity index (χ1v) is 12.9. The van der Waals surface area contributed by atoms with E-state index in [1.165, 1.54) is 102 Å². The van der Waals surface area contributed by atoms with Crippen molar-refractivity contribution in [2.75, 3.05) is 0 Å². The molecule has 0 N–H and O–H groups in total. The summed E-state index contributed by atoms with van der Waals surface area (Å²) in [6.45, 7) is 4.44. The van der Waals surface area contributed by atoms with Crippen LogP contribution in [0.5, 0.6) is 0 Å². The van der Waals surface area contributed by atoms with Gasteiger partial charge in [0.15, 0.2) is 0 Å². The van der Waals surface area contributed by atoms with Crippen molar-refractivity contribution in [3.05, 3.63) is 29.8 Å². The van der Waals surface area contributed by atoms with Crippen LogP contribution in [0.1, 0.15) is 122 Å². The van der Waals surface area contributed by atoms with Crippen LogP contribution in [0.2, 0.25) is 0 Å². The third-order valence-electron chi connectivity index (χ3n) is 5.73. The summed E-state index contributed by atoms with van der Waals surface area (Å²) in [6.07, 6.45) is 20.3. The maximum absolute atomic E-state index is 11.0. The predicted octanol–water partition coefficient (Wildman–Crippen LogP) is 4.57. The SMILES string of the molecule is CCCCCCCCCCCCCCCCC(C)c1ccc(S(=O)(=O)[O-])cc1.[Na+]. The van der Waals surface area contributed by atoms with Gasteiger partial charge in [-0.25, -0.2) is 8.42 Å². The quantitative estimate of drug-likeness (QED) is 0.206. The summed E-state index contributed by atoms with van der Waals surface area (Å²) in [5, 5.41) is 0. The largest absolute Gasteiger partial charge is 1.00 e. The van der Waals surface area contributed by atoms with Crippen molar-refractivity contribution in [1.29, 1.82) is 0 Å². The summed E-state index contributed by atoms with van der Waals surface area (Å²) < 4.78 is 32.9. The van der Waals surface area contributed by atoms with Gasteiger partial charge in [0, 0.05) is 0 Å². The molecule has 1 atom stereocenters. The van der Waals surface area contributed by atoms with Crippen molar-refractivity contribution >= 4 is 10.1 Å². The molecule has 0 fully saturated rings. The van der Waals surface area contributed by atoms with Gasteiger partial charge in [-0.1, -0.05) is 116 Å². The molecular weight excluding hydrogens is 391 g/mol. The van der Waals surface area contributed by atoms with E-state index < -0.39 is 10.1 Å². The van der Waals surface area contributed by atoms with Crippen molar-refractivity contribution in [3.8, 4) is 0 Å². The summed E-state index contributed by atoms with van der Waals surface area (Å²) in [4.78, 5) is -0.139. The van der Waals surface area contributed by atoms with Gasteiger partial charge in [0.1, 0.15) is 10.1 Å². The van der Waals surface area contributed by atoms with Crippen LogP contribution in [0.25, 0.3) is 0 Å². The van der Waals surface area contributed by atoms with E-state index in [4.69, 9.17) is 0 Å². The first kappa shape index (κ1) is 29.1. The molecule has 1 unspecified atom stereocenters. The Morgan fingerprint density at radius 2 is 1.10 bits per heavy atom. The topological polar surface area (TPSA) is 57.2 Å². The number of hydrogen-bond acceptors (Lipinski definition) is 3. The van der Waals surface area contributed by atoms with Crippen LogP contribution >= 0.6 is 0 Å². The minimum atomic E-state index is -4.34. The van der Waals surface area contributed by atoms with E-state index >= 15 is 0 Å². The van der Waals surface area contributed by atoms with Gasteiger partial charge in [-0.3, -0.25) is 0 Å². The number of rotatable bonds is 17. The molecule has 0 saturated carbocycles. The summed E-state index contributed by atoms with van der Waals surface area (Å²) in [6, 6.07) is 6.41. The Kier molecular flexibility index (Phi) is 17.9. The normalized spacial score (nSPS) is 12.5. The molecule has 0 aliphatic rings. The van der Waals surface area contributed by atoms with Gasteiger partial charge in [0.25, 0.3) is 0 Å². The third kappa shape index (κ3) is 14.7. The molecule has 5 heteroatoms. The van der Waals surface area contributed by atoms with E-state index in [9.17, 15) is 13.0 Å². The van der Waals surface area contributed by atoms with Crippen LogP contribution in [0.15, 0.2) is 29.2 Å². The summed E-state index contributed by atoms with van der Waals surface area (Å²) >= 11 is 0. The fourth-order valence-electron chi connectivity index (χ4n) is 3.77. The summed E-state index contributed by atoms with van der Waals surface area (Å²) in [5.74, 6) is 0.403. The molecule has 0 aliphatic carbocycles. The monoisotopic (exact) mass is 432 g/mol. The molecule has 1 aromatic rings. The maximum Gasteiger partial charge on any atom is 1.00 e. The molecule has 0 heterocycles. The Balaban J connectivity index is 0.00000784. The van der Waals surface area contributed by atoms with Crippen LogP contribution in [-0.4, -0.2) is 13.0 Å². The van der Waals surface area contributed by atoms with Crippen LogP contribution < -0.4 is 29.6 Å². The molecule has 0 aromatic heterocycles. The Hall–Kier alpha value is 0.130. The van der Waals surface area contributed by atoms with Crippen molar-refractivity contribution in [1.82, 2.24) is 0 Å². The molecule has 0 radical (unpaired) electrons. The molecule has 0 saturated heterocycles. The smallest absolute Gasteiger partial charge is 0.744 e. The van der Waals surface area contributed by atoms with E-state index in [0.717, 1.165) is 12.0 Å². The van der Waals surface area contributed by atoms with E-state index in [2.05, 4.69) is 13.8 Å². The second-order valence-electron chi connectivity index (χ2n) is 8.31. The van der Waals surface area contributed by atoms with Crippen molar-refractivity contribution in [3.63, 3.8) is 0 Å². The Morgan fingerprint density at radius 3 is 1.48 bits per heavy atom. The van der Waals surface area contributed by atoms with Crippen molar-refractivity contribution in [2.45, 2.75) is 121 Å². The van der Waals surface area contributed by atoms with Gasteiger partial charge >= 0.3 is 29.6 Å². The van der Waals surface area contributed by atoms with E-state index in [1.54, 1.807) is 12.1 Å². The summed E-state index contributed by atoms with van der Waals surface area (Å²) in [5.41, 5.74) is 1.11. The van der Waals surface area contributed by atoms with Crippen LogP contribution in [-0.2, 0) is 10.1 Å². The fourth-order valence-corrected chi connectivity index (χ4v) is 4.24. The second-order valence-corrected chi connectivity index (χ2v) is 9.69. The van der Waals surface area contributed by atoms with Crippen LogP contribution in [0.3, 0.4) is 0 Å². The minimum Gasteiger partial charge on any atom is -0.744 e. The average molecular weight is 433 g/mol. The zero-order chi connectivity index (χ0) is 20.7.